The quantitative estimate of drug-likeness (QED) is 0.851. The van der Waals surface area contributed by atoms with Crippen molar-refractivity contribution in [2.24, 2.45) is 0 Å². The van der Waals surface area contributed by atoms with Crippen LogP contribution < -0.4 is 0 Å². The zero-order valence-electron chi connectivity index (χ0n) is 9.80. The van der Waals surface area contributed by atoms with Gasteiger partial charge < -0.3 is 5.11 Å². The number of thiazole rings is 1. The zero-order valence-corrected chi connectivity index (χ0v) is 10.6. The molecule has 0 aliphatic carbocycles. The number of benzene rings is 1. The van der Waals surface area contributed by atoms with Crippen LogP contribution in [0.2, 0.25) is 0 Å². The van der Waals surface area contributed by atoms with E-state index in [1.807, 2.05) is 6.07 Å². The van der Waals surface area contributed by atoms with E-state index >= 15 is 0 Å². The zero-order chi connectivity index (χ0) is 11.9. The Morgan fingerprint density at radius 3 is 2.65 bits per heavy atom. The number of rotatable bonds is 6. The van der Waals surface area contributed by atoms with Crippen molar-refractivity contribution in [1.82, 2.24) is 4.98 Å². The van der Waals surface area contributed by atoms with Crippen molar-refractivity contribution >= 4 is 11.3 Å². The highest BCUT2D eigenvalue weighted by molar-refractivity contribution is 7.09. The number of aliphatic hydroxyl groups is 1. The summed E-state index contributed by atoms with van der Waals surface area (Å²) in [5.41, 5.74) is 2.48. The Hall–Kier alpha value is -1.19. The lowest BCUT2D eigenvalue weighted by Crippen LogP contribution is -1.93. The normalized spacial score (nSPS) is 10.6. The molecular formula is C14H17NOS. The van der Waals surface area contributed by atoms with Crippen LogP contribution in [0.5, 0.6) is 0 Å². The van der Waals surface area contributed by atoms with Gasteiger partial charge in [-0.15, -0.1) is 11.3 Å². The minimum Gasteiger partial charge on any atom is -0.396 e. The largest absolute Gasteiger partial charge is 0.396 e. The lowest BCUT2D eigenvalue weighted by Gasteiger charge is -1.98. The molecule has 90 valence electrons. The fourth-order valence-corrected chi connectivity index (χ4v) is 2.57. The molecule has 17 heavy (non-hydrogen) atoms. The van der Waals surface area contributed by atoms with Crippen LogP contribution >= 0.6 is 11.3 Å². The molecule has 0 spiro atoms. The summed E-state index contributed by atoms with van der Waals surface area (Å²) in [5, 5.41) is 12.1. The van der Waals surface area contributed by atoms with E-state index in [1.54, 1.807) is 11.3 Å². The average molecular weight is 247 g/mol. The van der Waals surface area contributed by atoms with E-state index in [-0.39, 0.29) is 6.61 Å². The summed E-state index contributed by atoms with van der Waals surface area (Å²) in [6.45, 7) is 0.247. The predicted octanol–water partition coefficient (Wildman–Crippen LogP) is 2.85. The van der Waals surface area contributed by atoms with E-state index in [1.165, 1.54) is 10.6 Å². The summed E-state index contributed by atoms with van der Waals surface area (Å²) < 4.78 is 0. The maximum absolute atomic E-state index is 8.76. The molecule has 0 aliphatic heterocycles. The van der Waals surface area contributed by atoms with Gasteiger partial charge in [-0.2, -0.15) is 0 Å². The van der Waals surface area contributed by atoms with Gasteiger partial charge in [0.25, 0.3) is 0 Å². The van der Waals surface area contributed by atoms with Crippen LogP contribution in [0.4, 0.5) is 0 Å². The van der Waals surface area contributed by atoms with Crippen LogP contribution in [0, 0.1) is 0 Å². The first kappa shape index (κ1) is 12.3. The fraction of sp³-hybridized carbons (Fsp3) is 0.357. The second kappa shape index (κ2) is 6.52. The standard InChI is InChI=1S/C14H17NOS/c16-10-4-7-13-11-17-14(15-13)9-8-12-5-2-1-3-6-12/h1-3,5-6,11,16H,4,7-10H2. The van der Waals surface area contributed by atoms with Crippen LogP contribution in [0.15, 0.2) is 35.7 Å². The predicted molar refractivity (Wildman–Crippen MR) is 71.4 cm³/mol. The molecule has 0 amide bonds. The molecule has 0 saturated heterocycles. The smallest absolute Gasteiger partial charge is 0.0931 e. The molecule has 0 radical (unpaired) electrons. The lowest BCUT2D eigenvalue weighted by molar-refractivity contribution is 0.288. The molecule has 1 N–H and O–H groups in total. The van der Waals surface area contributed by atoms with Gasteiger partial charge in [0.05, 0.1) is 10.7 Å². The molecular weight excluding hydrogens is 230 g/mol. The number of aromatic nitrogens is 1. The molecule has 0 bridgehead atoms. The molecule has 0 saturated carbocycles. The molecule has 3 heteroatoms. The Kier molecular flexibility index (Phi) is 4.71. The van der Waals surface area contributed by atoms with Crippen molar-refractivity contribution in [3.8, 4) is 0 Å². The van der Waals surface area contributed by atoms with Crippen LogP contribution in [-0.2, 0) is 19.3 Å². The van der Waals surface area contributed by atoms with Gasteiger partial charge in [-0.05, 0) is 24.8 Å². The fourth-order valence-electron chi connectivity index (χ4n) is 1.73. The third-order valence-electron chi connectivity index (χ3n) is 2.66. The van der Waals surface area contributed by atoms with Crippen LogP contribution in [0.1, 0.15) is 22.7 Å². The maximum atomic E-state index is 8.76. The minimum atomic E-state index is 0.247. The molecule has 2 rings (SSSR count). The third kappa shape index (κ3) is 3.95. The van der Waals surface area contributed by atoms with Gasteiger partial charge in [0.2, 0.25) is 0 Å². The highest BCUT2D eigenvalue weighted by Gasteiger charge is 2.02. The number of aliphatic hydroxyl groups excluding tert-OH is 1. The van der Waals surface area contributed by atoms with Crippen molar-refractivity contribution in [3.05, 3.63) is 52.0 Å². The molecule has 2 aromatic rings. The summed E-state index contributed by atoms with van der Waals surface area (Å²) in [6.07, 6.45) is 3.75. The van der Waals surface area contributed by atoms with Crippen molar-refractivity contribution in [3.63, 3.8) is 0 Å². The summed E-state index contributed by atoms with van der Waals surface area (Å²) in [7, 11) is 0. The number of aryl methyl sites for hydroxylation is 3. The average Bonchev–Trinajstić information content (AvgIpc) is 2.83. The topological polar surface area (TPSA) is 33.1 Å². The first-order chi connectivity index (χ1) is 8.38. The Bertz CT molecular complexity index is 438. The van der Waals surface area contributed by atoms with Gasteiger partial charge in [-0.25, -0.2) is 4.98 Å². The summed E-state index contributed by atoms with van der Waals surface area (Å²) in [6, 6.07) is 10.5. The Morgan fingerprint density at radius 2 is 1.88 bits per heavy atom. The van der Waals surface area contributed by atoms with Gasteiger partial charge in [0.1, 0.15) is 0 Å². The highest BCUT2D eigenvalue weighted by atomic mass is 32.1. The maximum Gasteiger partial charge on any atom is 0.0931 e. The highest BCUT2D eigenvalue weighted by Crippen LogP contribution is 2.14. The Balaban J connectivity index is 1.85. The Morgan fingerprint density at radius 1 is 1.06 bits per heavy atom. The summed E-state index contributed by atoms with van der Waals surface area (Å²) in [4.78, 5) is 4.57. The second-order valence-corrected chi connectivity index (χ2v) is 4.99. The number of nitrogens with zero attached hydrogens (tertiary/aromatic N) is 1. The van der Waals surface area contributed by atoms with Crippen molar-refractivity contribution < 1.29 is 5.11 Å². The van der Waals surface area contributed by atoms with E-state index in [9.17, 15) is 0 Å². The molecule has 1 aromatic carbocycles. The molecule has 2 nitrogen and oxygen atoms in total. The minimum absolute atomic E-state index is 0.247. The van der Waals surface area contributed by atoms with Crippen LogP contribution in [-0.4, -0.2) is 16.7 Å². The van der Waals surface area contributed by atoms with E-state index < -0.39 is 0 Å². The third-order valence-corrected chi connectivity index (χ3v) is 3.62. The lowest BCUT2D eigenvalue weighted by atomic mass is 10.1. The first-order valence-electron chi connectivity index (χ1n) is 5.96. The van der Waals surface area contributed by atoms with E-state index in [2.05, 4.69) is 34.6 Å². The van der Waals surface area contributed by atoms with E-state index in [0.717, 1.165) is 31.4 Å². The van der Waals surface area contributed by atoms with Crippen molar-refractivity contribution in [1.29, 1.82) is 0 Å². The number of hydrogen-bond donors (Lipinski definition) is 1. The summed E-state index contributed by atoms with van der Waals surface area (Å²) >= 11 is 1.73. The first-order valence-corrected chi connectivity index (χ1v) is 6.84. The molecule has 0 aliphatic rings. The van der Waals surface area contributed by atoms with Crippen LogP contribution in [0.25, 0.3) is 0 Å². The Labute approximate surface area is 106 Å². The molecule has 0 fully saturated rings. The van der Waals surface area contributed by atoms with Crippen molar-refractivity contribution in [2.75, 3.05) is 6.61 Å². The number of hydrogen-bond acceptors (Lipinski definition) is 3. The molecule has 1 aromatic heterocycles. The van der Waals surface area contributed by atoms with Gasteiger partial charge >= 0.3 is 0 Å². The van der Waals surface area contributed by atoms with E-state index in [4.69, 9.17) is 5.11 Å². The molecule has 0 atom stereocenters. The molecule has 0 unspecified atom stereocenters. The van der Waals surface area contributed by atoms with Gasteiger partial charge in [-0.1, -0.05) is 30.3 Å². The van der Waals surface area contributed by atoms with Gasteiger partial charge in [0, 0.05) is 18.4 Å². The van der Waals surface area contributed by atoms with Crippen LogP contribution in [0.3, 0.4) is 0 Å². The van der Waals surface area contributed by atoms with E-state index in [0.29, 0.717) is 0 Å². The SMILES string of the molecule is OCCCc1csc(CCc2ccccc2)n1. The summed E-state index contributed by atoms with van der Waals surface area (Å²) in [5.74, 6) is 0. The van der Waals surface area contributed by atoms with Gasteiger partial charge in [-0.3, -0.25) is 0 Å². The second-order valence-electron chi connectivity index (χ2n) is 4.05. The molecule has 1 heterocycles. The van der Waals surface area contributed by atoms with Gasteiger partial charge in [0.15, 0.2) is 0 Å². The van der Waals surface area contributed by atoms with Crippen molar-refractivity contribution in [2.45, 2.75) is 25.7 Å². The monoisotopic (exact) mass is 247 g/mol.